The minimum absolute atomic E-state index is 0.0393. The number of aromatic hydroxyl groups is 8. The molecule has 14 aromatic rings. The van der Waals surface area contributed by atoms with E-state index in [1.807, 2.05) is 0 Å². The summed E-state index contributed by atoms with van der Waals surface area (Å²) in [6.07, 6.45) is 0. The first-order chi connectivity index (χ1) is 50.1. The summed E-state index contributed by atoms with van der Waals surface area (Å²) < 4.78 is 0. The first-order valence-electron chi connectivity index (χ1n) is 29.9. The fourth-order valence-corrected chi connectivity index (χ4v) is 10.4. The zero-order valence-electron chi connectivity index (χ0n) is 53.6. The van der Waals surface area contributed by atoms with Crippen molar-refractivity contribution < 1.29 is 146 Å². The van der Waals surface area contributed by atoms with E-state index in [0.717, 1.165) is 12.1 Å². The lowest BCUT2D eigenvalue weighted by molar-refractivity contribution is -0.270. The fraction of sp³-hybridized carbons (Fsp3) is 0. The predicted octanol–water partition coefficient (Wildman–Crippen LogP) is 8.93. The first kappa shape index (κ1) is 76.0. The smallest absolute Gasteiger partial charge is 0.339 e. The van der Waals surface area contributed by atoms with Gasteiger partial charge in [0.15, 0.2) is 5.75 Å². The van der Waals surface area contributed by atoms with Crippen molar-refractivity contribution in [2.24, 2.45) is 0 Å². The van der Waals surface area contributed by atoms with Gasteiger partial charge in [-0.1, -0.05) is 162 Å². The van der Waals surface area contributed by atoms with Gasteiger partial charge in [0.25, 0.3) is 0 Å². The molecule has 0 aliphatic rings. The second kappa shape index (κ2) is 32.0. The molecule has 14 aromatic carbocycles. The second-order valence-electron chi connectivity index (χ2n) is 22.2. The molecule has 0 bridgehead atoms. The number of hydrogen-bond donors (Lipinski definition) is 15. The molecule has 0 saturated carbocycles. The van der Waals surface area contributed by atoms with Gasteiger partial charge < -0.3 is 112 Å². The number of carbonyl (C=O) groups is 7. The van der Waals surface area contributed by atoms with Crippen molar-refractivity contribution in [2.75, 3.05) is 0 Å². The third kappa shape index (κ3) is 16.9. The van der Waals surface area contributed by atoms with Gasteiger partial charge in [0.1, 0.15) is 45.8 Å². The Kier molecular flexibility index (Phi) is 22.9. The average molecular weight is 1440 g/mol. The van der Waals surface area contributed by atoms with Crippen molar-refractivity contribution >= 4 is 117 Å². The first-order valence-corrected chi connectivity index (χ1v) is 29.9. The van der Waals surface area contributed by atoms with Crippen LogP contribution < -0.4 is 35.7 Å². The molecule has 15 N–H and O–H groups in total. The van der Waals surface area contributed by atoms with Crippen LogP contribution in [0.4, 0.5) is 0 Å². The Morgan fingerprint density at radius 3 is 1.20 bits per heavy atom. The summed E-state index contributed by atoms with van der Waals surface area (Å²) in [5.41, 5.74) is -2.39. The largest absolute Gasteiger partial charge is 0.872 e. The minimum Gasteiger partial charge on any atom is -0.872 e. The summed E-state index contributed by atoms with van der Waals surface area (Å²) in [5.74, 6) is -16.2. The van der Waals surface area contributed by atoms with Crippen LogP contribution in [0.2, 0.25) is 0 Å². The maximum Gasteiger partial charge on any atom is 0.339 e. The van der Waals surface area contributed by atoms with E-state index in [0.29, 0.717) is 59.2 Å². The molecule has 29 nitrogen and oxygen atoms in total. The molecule has 14 rings (SSSR count). The summed E-state index contributed by atoms with van der Waals surface area (Å²) in [6.45, 7) is 0. The maximum absolute atomic E-state index is 11.6. The highest BCUT2D eigenvalue weighted by molar-refractivity contribution is 6.09. The van der Waals surface area contributed by atoms with Gasteiger partial charge in [-0.15, -0.1) is 5.75 Å². The van der Waals surface area contributed by atoms with Crippen molar-refractivity contribution in [2.45, 2.75) is 0 Å². The zero-order valence-corrected chi connectivity index (χ0v) is 53.6. The minimum atomic E-state index is -1.41. The summed E-state index contributed by atoms with van der Waals surface area (Å²) >= 11 is 0. The van der Waals surface area contributed by atoms with Crippen LogP contribution in [0.15, 0.2) is 206 Å². The van der Waals surface area contributed by atoms with Crippen LogP contribution in [-0.2, 0) is 0 Å². The monoisotopic (exact) mass is 1440 g/mol. The Morgan fingerprint density at radius 1 is 0.226 bits per heavy atom. The number of carboxylic acids is 7. The van der Waals surface area contributed by atoms with Crippen molar-refractivity contribution in [3.63, 3.8) is 0 Å². The molecule has 0 amide bonds. The van der Waals surface area contributed by atoms with E-state index in [2.05, 4.69) is 0 Å². The standard InChI is InChI=1S/C11H8O5.6C11H8O4/c12-7-4-5-2-1-3-6(11(15)16)8(5)10(14)9(7)13;12-8-2-1-6-5-10(13)9(11(14)15)4-7(6)3-8;12-8-2-1-6-4-9(11(14)15)10(13)5-7(6)3-8;12-9-3-1-2-6-4-10(13)8(11(14)15)5-7(6)9;12-9-5-8(11(14)15)10(13)7-4-2-1-3-6(7)9;12-8-5-6-3-1-2-4-7(6)10(13)9(8)11(14)15;12-9-7-4-2-1-3-6(7)5-8(10(9)13)11(14)15/h1-4,12-14H,(H,15,16);6*1-5,12-13H,(H,14,15)/p-7. The van der Waals surface area contributed by atoms with E-state index in [1.165, 1.54) is 109 Å². The number of fused-ring (bicyclic) bond motifs is 7. The molecule has 0 heterocycles. The average Bonchev–Trinajstić information content (AvgIpc) is 0.782. The normalized spacial score (nSPS) is 10.4. The van der Waals surface area contributed by atoms with Gasteiger partial charge in [0, 0.05) is 10.8 Å². The van der Waals surface area contributed by atoms with Crippen molar-refractivity contribution in [3.05, 3.63) is 245 Å². The predicted molar refractivity (Wildman–Crippen MR) is 366 cm³/mol. The summed E-state index contributed by atoms with van der Waals surface area (Å²) in [4.78, 5) is 75.1. The molecule has 0 aliphatic heterocycles. The zero-order chi connectivity index (χ0) is 77.9. The fourth-order valence-electron chi connectivity index (χ4n) is 10.4. The highest BCUT2D eigenvalue weighted by Crippen LogP contribution is 2.42. The Bertz CT molecular complexity index is 5820. The molecule has 106 heavy (non-hydrogen) atoms. The summed E-state index contributed by atoms with van der Waals surface area (Å²) in [6, 6.07) is 49.2. The van der Waals surface area contributed by atoms with Crippen LogP contribution in [0.3, 0.4) is 0 Å². The topological polar surface area (TPSA) is 584 Å². The molecule has 0 aliphatic carbocycles. The Hall–Kier alpha value is -15.8. The SMILES string of the molecule is O=C(O)c1c(O)cc2ccccc2c1[O-].O=C(O)c1cc(O)c2ccccc2c1[O-].O=C(O)c1cc2c([O-])cccc2cc1O.O=C(O)c1cc2cc(O)ccc2cc1[O-].O=C(O)c1cc2ccc(O)cc2cc1[O-].O=C(O)c1cc2ccccc2c(O)c1[O-].O=C(O)c1cccc2cc(O)c(O)c([O-])c12. The van der Waals surface area contributed by atoms with Gasteiger partial charge in [-0.05, 0) is 143 Å². The van der Waals surface area contributed by atoms with E-state index >= 15 is 0 Å². The summed E-state index contributed by atoms with van der Waals surface area (Å²) in [5, 5.41) is 222. The van der Waals surface area contributed by atoms with Crippen molar-refractivity contribution in [3.8, 4) is 86.2 Å². The van der Waals surface area contributed by atoms with Crippen molar-refractivity contribution in [1.82, 2.24) is 0 Å². The van der Waals surface area contributed by atoms with Gasteiger partial charge in [0.05, 0.1) is 33.4 Å². The van der Waals surface area contributed by atoms with Gasteiger partial charge in [-0.2, -0.15) is 0 Å². The molecule has 0 saturated heterocycles. The van der Waals surface area contributed by atoms with Crippen LogP contribution in [0.1, 0.15) is 72.5 Å². The van der Waals surface area contributed by atoms with Crippen LogP contribution in [0, 0.1) is 0 Å². The number of benzene rings is 14. The lowest BCUT2D eigenvalue weighted by Crippen LogP contribution is -2.04. The van der Waals surface area contributed by atoms with Crippen LogP contribution >= 0.6 is 0 Å². The Morgan fingerprint density at radius 2 is 0.642 bits per heavy atom. The molecule has 0 atom stereocenters. The van der Waals surface area contributed by atoms with E-state index in [9.17, 15) is 110 Å². The van der Waals surface area contributed by atoms with E-state index in [4.69, 9.17) is 35.7 Å². The van der Waals surface area contributed by atoms with Crippen LogP contribution in [-0.4, -0.2) is 118 Å². The molecule has 0 spiro atoms. The number of carboxylic acid groups (broad SMARTS) is 7. The molecule has 0 unspecified atom stereocenters. The van der Waals surface area contributed by atoms with Crippen LogP contribution in [0.5, 0.6) is 86.2 Å². The summed E-state index contributed by atoms with van der Waals surface area (Å²) in [7, 11) is 0. The molecule has 0 fully saturated rings. The number of hydrogen-bond acceptors (Lipinski definition) is 22. The lowest BCUT2D eigenvalue weighted by Gasteiger charge is -2.15. The second-order valence-corrected chi connectivity index (χ2v) is 22.2. The van der Waals surface area contributed by atoms with Crippen molar-refractivity contribution in [1.29, 1.82) is 0 Å². The number of aromatic carboxylic acids is 7. The van der Waals surface area contributed by atoms with Crippen LogP contribution in [0.25, 0.3) is 75.4 Å². The van der Waals surface area contributed by atoms with E-state index in [1.54, 1.807) is 84.9 Å². The number of rotatable bonds is 7. The number of phenols is 8. The Balaban J connectivity index is 0.000000156. The highest BCUT2D eigenvalue weighted by atomic mass is 16.4. The molecular weight excluding hydrogens is 1390 g/mol. The number of phenolic OH excluding ortho intramolecular Hbond substituents is 6. The van der Waals surface area contributed by atoms with E-state index < -0.39 is 116 Å². The highest BCUT2D eigenvalue weighted by Gasteiger charge is 2.17. The molecule has 0 radical (unpaired) electrons. The quantitative estimate of drug-likeness (QED) is 0.0662. The lowest BCUT2D eigenvalue weighted by atomic mass is 10.0. The molecule has 0 aromatic heterocycles. The van der Waals surface area contributed by atoms with Gasteiger partial charge in [-0.3, -0.25) is 0 Å². The third-order valence-corrected chi connectivity index (χ3v) is 15.4. The van der Waals surface area contributed by atoms with E-state index in [-0.39, 0.29) is 67.2 Å². The van der Waals surface area contributed by atoms with Gasteiger partial charge in [-0.25, -0.2) is 33.6 Å². The van der Waals surface area contributed by atoms with Gasteiger partial charge in [0.2, 0.25) is 0 Å². The molecular formula is C77H49O29-7. The molecule has 29 heteroatoms. The third-order valence-electron chi connectivity index (χ3n) is 15.4. The Labute approximate surface area is 592 Å². The van der Waals surface area contributed by atoms with Gasteiger partial charge >= 0.3 is 41.8 Å². The molecule has 538 valence electrons. The maximum atomic E-state index is 11.6.